The number of Topliss-reactive ketones (excluding diaryl/α,β-unsaturated/α-hetero) is 2. The molecule has 2 aromatic carbocycles. The molecule has 0 saturated heterocycles. The third-order valence-corrected chi connectivity index (χ3v) is 6.04. The molecule has 0 amide bonds. The zero-order chi connectivity index (χ0) is 22.9. The largest absolute Gasteiger partial charge is 0.298 e. The monoisotopic (exact) mass is 444 g/mol. The maximum Gasteiger partial charge on any atom is 0.157 e. The van der Waals surface area contributed by atoms with Crippen LogP contribution in [0.2, 0.25) is 10.0 Å². The zero-order valence-corrected chi connectivity index (χ0v) is 20.1. The molecule has 0 aliphatic rings. The lowest BCUT2D eigenvalue weighted by Gasteiger charge is -2.31. The van der Waals surface area contributed by atoms with E-state index in [0.29, 0.717) is 16.5 Å². The normalized spacial score (nSPS) is 13.1. The smallest absolute Gasteiger partial charge is 0.157 e. The summed E-state index contributed by atoms with van der Waals surface area (Å²) in [6.45, 7) is 15.0. The van der Waals surface area contributed by atoms with Crippen molar-refractivity contribution in [2.45, 2.75) is 53.9 Å². The van der Waals surface area contributed by atoms with Crippen molar-refractivity contribution in [1.29, 1.82) is 0 Å². The number of hydrogen-bond donors (Lipinski definition) is 0. The summed E-state index contributed by atoms with van der Waals surface area (Å²) in [6.07, 6.45) is 2.32. The van der Waals surface area contributed by atoms with Gasteiger partial charge >= 0.3 is 0 Å². The standard InChI is InChI=1S/C26H30Cl2O2/c1-8-16-10-11-17(19-13-12-18(27)15-21(19)28)14-20(16)22(23(29)25(3,4)5)24(30)26(6,7)9-2/h9-15,22H,2,8H2,1,3-7H3. The molecule has 0 spiro atoms. The van der Waals surface area contributed by atoms with Crippen LogP contribution in [-0.4, -0.2) is 11.6 Å². The highest BCUT2D eigenvalue weighted by atomic mass is 35.5. The molecule has 2 nitrogen and oxygen atoms in total. The Bertz CT molecular complexity index is 981. The van der Waals surface area contributed by atoms with Gasteiger partial charge in [-0.05, 0) is 55.2 Å². The molecule has 0 saturated carbocycles. The van der Waals surface area contributed by atoms with Crippen molar-refractivity contribution in [1.82, 2.24) is 0 Å². The van der Waals surface area contributed by atoms with E-state index in [2.05, 4.69) is 6.58 Å². The van der Waals surface area contributed by atoms with Gasteiger partial charge in [0.1, 0.15) is 5.92 Å². The molecule has 1 unspecified atom stereocenters. The van der Waals surface area contributed by atoms with Crippen molar-refractivity contribution in [3.63, 3.8) is 0 Å². The van der Waals surface area contributed by atoms with E-state index in [4.69, 9.17) is 23.2 Å². The van der Waals surface area contributed by atoms with Gasteiger partial charge in [0.2, 0.25) is 0 Å². The molecule has 0 aromatic heterocycles. The SMILES string of the molecule is C=CC(C)(C)C(=O)C(C(=O)C(C)(C)C)c1cc(-c2ccc(Cl)cc2Cl)ccc1CC. The van der Waals surface area contributed by atoms with Gasteiger partial charge in [0.25, 0.3) is 0 Å². The van der Waals surface area contributed by atoms with Gasteiger partial charge < -0.3 is 0 Å². The van der Waals surface area contributed by atoms with E-state index in [1.54, 1.807) is 32.1 Å². The first kappa shape index (κ1) is 24.4. The third-order valence-electron chi connectivity index (χ3n) is 5.49. The van der Waals surface area contributed by atoms with Gasteiger partial charge in [-0.25, -0.2) is 0 Å². The van der Waals surface area contributed by atoms with Crippen LogP contribution in [0.15, 0.2) is 49.1 Å². The fourth-order valence-electron chi connectivity index (χ4n) is 3.38. The fraction of sp³-hybridized carbons (Fsp3) is 0.385. The Hall–Kier alpha value is -1.90. The Labute approximate surface area is 190 Å². The summed E-state index contributed by atoms with van der Waals surface area (Å²) < 4.78 is 0. The predicted octanol–water partition coefficient (Wildman–Crippen LogP) is 7.70. The van der Waals surface area contributed by atoms with Crippen LogP contribution in [0, 0.1) is 10.8 Å². The van der Waals surface area contributed by atoms with Crippen molar-refractivity contribution >= 4 is 34.8 Å². The molecule has 2 aromatic rings. The van der Waals surface area contributed by atoms with E-state index < -0.39 is 16.7 Å². The number of aryl methyl sites for hydroxylation is 1. The van der Waals surface area contributed by atoms with Gasteiger partial charge in [0, 0.05) is 26.4 Å². The molecular weight excluding hydrogens is 415 g/mol. The van der Waals surface area contributed by atoms with Crippen molar-refractivity contribution in [2.24, 2.45) is 10.8 Å². The number of allylic oxidation sites excluding steroid dienone is 1. The summed E-state index contributed by atoms with van der Waals surface area (Å²) >= 11 is 12.5. The van der Waals surface area contributed by atoms with Crippen LogP contribution >= 0.6 is 23.2 Å². The third kappa shape index (κ3) is 5.04. The molecule has 30 heavy (non-hydrogen) atoms. The minimum absolute atomic E-state index is 0.100. The van der Waals surface area contributed by atoms with E-state index >= 15 is 0 Å². The Balaban J connectivity index is 2.77. The Kier molecular flexibility index (Phi) is 7.37. The number of benzene rings is 2. The summed E-state index contributed by atoms with van der Waals surface area (Å²) in [5.41, 5.74) is 1.86. The van der Waals surface area contributed by atoms with Crippen LogP contribution in [0.4, 0.5) is 0 Å². The average molecular weight is 445 g/mol. The average Bonchev–Trinajstić information content (AvgIpc) is 2.67. The first-order valence-electron chi connectivity index (χ1n) is 10.1. The van der Waals surface area contributed by atoms with Gasteiger partial charge in [-0.3, -0.25) is 9.59 Å². The quantitative estimate of drug-likeness (QED) is 0.323. The Morgan fingerprint density at radius 3 is 2.13 bits per heavy atom. The zero-order valence-electron chi connectivity index (χ0n) is 18.6. The molecule has 0 fully saturated rings. The molecular formula is C26H30Cl2O2. The highest BCUT2D eigenvalue weighted by molar-refractivity contribution is 6.36. The minimum atomic E-state index is -0.876. The Morgan fingerprint density at radius 2 is 1.63 bits per heavy atom. The van der Waals surface area contributed by atoms with Crippen LogP contribution in [-0.2, 0) is 16.0 Å². The molecule has 0 heterocycles. The van der Waals surface area contributed by atoms with Gasteiger partial charge in [0.05, 0.1) is 0 Å². The van der Waals surface area contributed by atoms with Gasteiger partial charge in [-0.2, -0.15) is 0 Å². The summed E-state index contributed by atoms with van der Waals surface area (Å²) in [6, 6.07) is 11.2. The van der Waals surface area contributed by atoms with Gasteiger partial charge in [-0.15, -0.1) is 6.58 Å². The highest BCUT2D eigenvalue weighted by Gasteiger charge is 2.41. The first-order chi connectivity index (χ1) is 13.8. The lowest BCUT2D eigenvalue weighted by atomic mass is 9.70. The number of carbonyl (C=O) groups excluding carboxylic acids is 2. The van der Waals surface area contributed by atoms with E-state index in [0.717, 1.165) is 22.3 Å². The minimum Gasteiger partial charge on any atom is -0.298 e. The molecule has 0 N–H and O–H groups in total. The highest BCUT2D eigenvalue weighted by Crippen LogP contribution is 2.39. The molecule has 0 aliphatic heterocycles. The lowest BCUT2D eigenvalue weighted by molar-refractivity contribution is -0.137. The number of halogens is 2. The molecule has 1 atom stereocenters. The molecule has 0 radical (unpaired) electrons. The fourth-order valence-corrected chi connectivity index (χ4v) is 3.90. The van der Waals surface area contributed by atoms with E-state index in [1.165, 1.54) is 0 Å². The molecule has 0 bridgehead atoms. The van der Waals surface area contributed by atoms with E-state index in [-0.39, 0.29) is 11.6 Å². The Morgan fingerprint density at radius 1 is 1.00 bits per heavy atom. The van der Waals surface area contributed by atoms with Crippen LogP contribution in [0.25, 0.3) is 11.1 Å². The molecule has 160 valence electrons. The van der Waals surface area contributed by atoms with Crippen LogP contribution < -0.4 is 0 Å². The van der Waals surface area contributed by atoms with Crippen molar-refractivity contribution in [3.8, 4) is 11.1 Å². The second-order valence-electron chi connectivity index (χ2n) is 9.23. The summed E-state index contributed by atoms with van der Waals surface area (Å²) in [5, 5.41) is 1.08. The van der Waals surface area contributed by atoms with Crippen molar-refractivity contribution in [3.05, 3.63) is 70.2 Å². The van der Waals surface area contributed by atoms with Crippen molar-refractivity contribution in [2.75, 3.05) is 0 Å². The second-order valence-corrected chi connectivity index (χ2v) is 10.1. The number of hydrogen-bond acceptors (Lipinski definition) is 2. The summed E-state index contributed by atoms with van der Waals surface area (Å²) in [4.78, 5) is 27.1. The summed E-state index contributed by atoms with van der Waals surface area (Å²) in [7, 11) is 0. The maximum atomic E-state index is 13.6. The van der Waals surface area contributed by atoms with Gasteiger partial charge in [-0.1, -0.05) is 75.2 Å². The molecule has 4 heteroatoms. The summed E-state index contributed by atoms with van der Waals surface area (Å²) in [5.74, 6) is -1.12. The van der Waals surface area contributed by atoms with E-state index in [9.17, 15) is 9.59 Å². The molecule has 2 rings (SSSR count). The van der Waals surface area contributed by atoms with Gasteiger partial charge in [0.15, 0.2) is 11.6 Å². The topological polar surface area (TPSA) is 34.1 Å². The lowest BCUT2D eigenvalue weighted by Crippen LogP contribution is -2.38. The van der Waals surface area contributed by atoms with Crippen molar-refractivity contribution < 1.29 is 9.59 Å². The van der Waals surface area contributed by atoms with E-state index in [1.807, 2.05) is 52.0 Å². The number of rotatable bonds is 7. The maximum absolute atomic E-state index is 13.6. The number of ketones is 2. The first-order valence-corrected chi connectivity index (χ1v) is 10.9. The van der Waals surface area contributed by atoms with Crippen LogP contribution in [0.3, 0.4) is 0 Å². The van der Waals surface area contributed by atoms with Crippen LogP contribution in [0.1, 0.15) is 58.6 Å². The molecule has 0 aliphatic carbocycles. The number of carbonyl (C=O) groups is 2. The predicted molar refractivity (Wildman–Crippen MR) is 127 cm³/mol. The second kappa shape index (κ2) is 9.08. The van der Waals surface area contributed by atoms with Crippen LogP contribution in [0.5, 0.6) is 0 Å².